The van der Waals surface area contributed by atoms with Gasteiger partial charge in [-0.15, -0.1) is 0 Å². The minimum absolute atomic E-state index is 0.176. The molecule has 0 aliphatic rings. The van der Waals surface area contributed by atoms with Crippen LogP contribution in [0.15, 0.2) is 24.3 Å². The van der Waals surface area contributed by atoms with Crippen LogP contribution < -0.4 is 15.8 Å². The van der Waals surface area contributed by atoms with Crippen molar-refractivity contribution in [2.75, 3.05) is 18.5 Å². The maximum absolute atomic E-state index is 11.1. The second-order valence-corrected chi connectivity index (χ2v) is 3.12. The normalized spacial score (nSPS) is 9.47. The summed E-state index contributed by atoms with van der Waals surface area (Å²) < 4.78 is 9.77. The van der Waals surface area contributed by atoms with Crippen molar-refractivity contribution >= 4 is 17.7 Å². The summed E-state index contributed by atoms with van der Waals surface area (Å²) in [6.45, 7) is 1.86. The van der Waals surface area contributed by atoms with Crippen LogP contribution in [0.4, 0.5) is 10.5 Å². The number of hydrogen-bond donors (Lipinski definition) is 2. The van der Waals surface area contributed by atoms with Crippen molar-refractivity contribution in [3.63, 3.8) is 0 Å². The molecule has 3 N–H and O–H groups in total. The molecule has 1 aromatic rings. The van der Waals surface area contributed by atoms with Crippen LogP contribution in [-0.2, 0) is 9.53 Å². The van der Waals surface area contributed by atoms with E-state index < -0.39 is 12.0 Å². The molecule has 0 unspecified atom stereocenters. The van der Waals surface area contributed by atoms with Crippen molar-refractivity contribution in [3.8, 4) is 5.75 Å². The lowest BCUT2D eigenvalue weighted by molar-refractivity contribution is -0.119. The molecular weight excluding hydrogens is 224 g/mol. The molecule has 0 atom stereocenters. The first-order chi connectivity index (χ1) is 8.11. The van der Waals surface area contributed by atoms with Gasteiger partial charge in [0.2, 0.25) is 0 Å². The zero-order valence-electron chi connectivity index (χ0n) is 9.43. The molecule has 0 fully saturated rings. The maximum Gasteiger partial charge on any atom is 0.411 e. The molecule has 1 rings (SSSR count). The minimum Gasteiger partial charge on any atom is -0.484 e. The van der Waals surface area contributed by atoms with Gasteiger partial charge in [0.05, 0.1) is 6.61 Å². The molecule has 92 valence electrons. The number of carbonyl (C=O) groups excluding carboxylic acids is 2. The summed E-state index contributed by atoms with van der Waals surface area (Å²) in [5, 5.41) is 2.53. The lowest BCUT2D eigenvalue weighted by Crippen LogP contribution is -2.20. The molecule has 0 spiro atoms. The molecule has 0 heterocycles. The van der Waals surface area contributed by atoms with Gasteiger partial charge in [-0.05, 0) is 31.2 Å². The molecule has 1 aromatic carbocycles. The van der Waals surface area contributed by atoms with Crippen molar-refractivity contribution in [2.24, 2.45) is 5.73 Å². The van der Waals surface area contributed by atoms with Gasteiger partial charge in [0.25, 0.3) is 5.91 Å². The van der Waals surface area contributed by atoms with Gasteiger partial charge in [0.1, 0.15) is 5.75 Å². The number of nitrogens with one attached hydrogen (secondary N) is 1. The lowest BCUT2D eigenvalue weighted by Gasteiger charge is -2.07. The van der Waals surface area contributed by atoms with Crippen molar-refractivity contribution in [1.82, 2.24) is 0 Å². The fraction of sp³-hybridized carbons (Fsp3) is 0.273. The summed E-state index contributed by atoms with van der Waals surface area (Å²) >= 11 is 0. The number of ether oxygens (including phenoxy) is 2. The highest BCUT2D eigenvalue weighted by molar-refractivity contribution is 5.84. The third-order valence-corrected chi connectivity index (χ3v) is 1.76. The van der Waals surface area contributed by atoms with Crippen LogP contribution in [0.2, 0.25) is 0 Å². The standard InChI is InChI=1S/C11H14N2O4/c1-2-16-11(15)13-8-3-5-9(6-4-8)17-7-10(12)14/h3-6H,2,7H2,1H3,(H2,12,14)(H,13,15). The summed E-state index contributed by atoms with van der Waals surface area (Å²) in [6, 6.07) is 6.50. The molecule has 6 nitrogen and oxygen atoms in total. The van der Waals surface area contributed by atoms with E-state index in [-0.39, 0.29) is 6.61 Å². The van der Waals surface area contributed by atoms with Gasteiger partial charge >= 0.3 is 6.09 Å². The average molecular weight is 238 g/mol. The third-order valence-electron chi connectivity index (χ3n) is 1.76. The summed E-state index contributed by atoms with van der Waals surface area (Å²) in [5.41, 5.74) is 5.51. The van der Waals surface area contributed by atoms with Crippen LogP contribution >= 0.6 is 0 Å². The highest BCUT2D eigenvalue weighted by Gasteiger charge is 2.02. The number of benzene rings is 1. The lowest BCUT2D eigenvalue weighted by atomic mass is 10.3. The zero-order valence-corrected chi connectivity index (χ0v) is 9.43. The van der Waals surface area contributed by atoms with E-state index in [9.17, 15) is 9.59 Å². The first-order valence-electron chi connectivity index (χ1n) is 5.06. The van der Waals surface area contributed by atoms with Gasteiger partial charge in [-0.25, -0.2) is 4.79 Å². The molecule has 0 aliphatic heterocycles. The van der Waals surface area contributed by atoms with E-state index >= 15 is 0 Å². The smallest absolute Gasteiger partial charge is 0.411 e. The van der Waals surface area contributed by atoms with E-state index in [1.807, 2.05) is 0 Å². The van der Waals surface area contributed by atoms with Crippen molar-refractivity contribution in [2.45, 2.75) is 6.92 Å². The van der Waals surface area contributed by atoms with Gasteiger partial charge in [-0.3, -0.25) is 10.1 Å². The summed E-state index contributed by atoms with van der Waals surface area (Å²) in [4.78, 5) is 21.6. The van der Waals surface area contributed by atoms with Crippen LogP contribution in [0.3, 0.4) is 0 Å². The zero-order chi connectivity index (χ0) is 12.7. The van der Waals surface area contributed by atoms with E-state index in [1.165, 1.54) is 0 Å². The maximum atomic E-state index is 11.1. The fourth-order valence-electron chi connectivity index (χ4n) is 1.07. The molecule has 0 bridgehead atoms. The van der Waals surface area contributed by atoms with Crippen molar-refractivity contribution < 1.29 is 19.1 Å². The Balaban J connectivity index is 2.49. The van der Waals surface area contributed by atoms with Crippen molar-refractivity contribution in [3.05, 3.63) is 24.3 Å². The number of hydrogen-bond acceptors (Lipinski definition) is 4. The summed E-state index contributed by atoms with van der Waals surface area (Å²) in [7, 11) is 0. The van der Waals surface area contributed by atoms with Gasteiger partial charge in [0, 0.05) is 5.69 Å². The molecule has 2 amide bonds. The Hall–Kier alpha value is -2.24. The Labute approximate surface area is 98.7 Å². The number of nitrogens with two attached hydrogens (primary N) is 1. The van der Waals surface area contributed by atoms with E-state index in [2.05, 4.69) is 5.32 Å². The van der Waals surface area contributed by atoms with E-state index in [1.54, 1.807) is 31.2 Å². The van der Waals surface area contributed by atoms with Crippen LogP contribution in [0.5, 0.6) is 5.75 Å². The highest BCUT2D eigenvalue weighted by atomic mass is 16.5. The number of rotatable bonds is 5. The summed E-state index contributed by atoms with van der Waals surface area (Å²) in [6.07, 6.45) is -0.515. The third kappa shape index (κ3) is 4.87. The van der Waals surface area contributed by atoms with Gasteiger partial charge in [0.15, 0.2) is 6.61 Å². The van der Waals surface area contributed by atoms with Crippen molar-refractivity contribution in [1.29, 1.82) is 0 Å². The first-order valence-corrected chi connectivity index (χ1v) is 5.06. The highest BCUT2D eigenvalue weighted by Crippen LogP contribution is 2.15. The topological polar surface area (TPSA) is 90.7 Å². The number of primary amides is 1. The molecular formula is C11H14N2O4. The van der Waals surface area contributed by atoms with Crippen LogP contribution in [0, 0.1) is 0 Å². The molecule has 0 saturated heterocycles. The average Bonchev–Trinajstić information content (AvgIpc) is 2.28. The Morgan fingerprint density at radius 2 is 1.94 bits per heavy atom. The van der Waals surface area contributed by atoms with E-state index in [4.69, 9.17) is 15.2 Å². The van der Waals surface area contributed by atoms with Crippen LogP contribution in [0.1, 0.15) is 6.92 Å². The molecule has 0 aliphatic carbocycles. The molecule has 6 heteroatoms. The number of carbonyl (C=O) groups is 2. The Bertz CT molecular complexity index is 389. The van der Waals surface area contributed by atoms with Gasteiger partial charge < -0.3 is 15.2 Å². The molecule has 0 saturated carbocycles. The number of anilines is 1. The van der Waals surface area contributed by atoms with Gasteiger partial charge in [-0.2, -0.15) is 0 Å². The largest absolute Gasteiger partial charge is 0.484 e. The Morgan fingerprint density at radius 1 is 1.29 bits per heavy atom. The number of amides is 2. The fourth-order valence-corrected chi connectivity index (χ4v) is 1.07. The summed E-state index contributed by atoms with van der Waals surface area (Å²) in [5.74, 6) is -0.0445. The molecule has 0 aromatic heterocycles. The second-order valence-electron chi connectivity index (χ2n) is 3.12. The van der Waals surface area contributed by atoms with Crippen LogP contribution in [0.25, 0.3) is 0 Å². The predicted octanol–water partition coefficient (Wildman–Crippen LogP) is 1.12. The van der Waals surface area contributed by atoms with Gasteiger partial charge in [-0.1, -0.05) is 0 Å². The second kappa shape index (κ2) is 6.37. The predicted molar refractivity (Wildman–Crippen MR) is 61.8 cm³/mol. The molecule has 17 heavy (non-hydrogen) atoms. The first kappa shape index (κ1) is 12.8. The van der Waals surface area contributed by atoms with E-state index in [0.29, 0.717) is 18.0 Å². The Morgan fingerprint density at radius 3 is 2.47 bits per heavy atom. The SMILES string of the molecule is CCOC(=O)Nc1ccc(OCC(N)=O)cc1. The Kier molecular flexibility index (Phi) is 4.80. The minimum atomic E-state index is -0.543. The van der Waals surface area contributed by atoms with Crippen LogP contribution in [-0.4, -0.2) is 25.2 Å². The monoisotopic (exact) mass is 238 g/mol. The quantitative estimate of drug-likeness (QED) is 0.804. The van der Waals surface area contributed by atoms with E-state index in [0.717, 1.165) is 0 Å². The molecule has 0 radical (unpaired) electrons.